The van der Waals surface area contributed by atoms with Crippen LogP contribution in [0.5, 0.6) is 11.5 Å². The Kier molecular flexibility index (Phi) is 5.01. The molecule has 0 unspecified atom stereocenters. The van der Waals surface area contributed by atoms with Gasteiger partial charge in [0.05, 0.1) is 18.4 Å². The molecule has 2 N–H and O–H groups in total. The molecule has 0 aliphatic carbocycles. The Balaban J connectivity index is 2.12. The number of ether oxygens (including phenoxy) is 1. The smallest absolute Gasteiger partial charge is 0.275 e. The molecule has 0 fully saturated rings. The van der Waals surface area contributed by atoms with Gasteiger partial charge < -0.3 is 9.84 Å². The number of carbonyl (C=O) groups excluding carboxylic acids is 1. The van der Waals surface area contributed by atoms with Crippen LogP contribution in [0.25, 0.3) is 0 Å². The van der Waals surface area contributed by atoms with Crippen molar-refractivity contribution < 1.29 is 14.6 Å². The van der Waals surface area contributed by atoms with Gasteiger partial charge in [0.15, 0.2) is 0 Å². The third-order valence-electron chi connectivity index (χ3n) is 3.04. The monoisotopic (exact) mass is 318 g/mol. The quantitative estimate of drug-likeness (QED) is 0.671. The van der Waals surface area contributed by atoms with Gasteiger partial charge in [-0.2, -0.15) is 5.10 Å². The molecule has 22 heavy (non-hydrogen) atoms. The van der Waals surface area contributed by atoms with E-state index in [1.165, 1.54) is 18.2 Å². The number of aromatic hydroxyl groups is 1. The van der Waals surface area contributed by atoms with E-state index in [4.69, 9.17) is 16.3 Å². The van der Waals surface area contributed by atoms with E-state index in [0.29, 0.717) is 10.7 Å². The summed E-state index contributed by atoms with van der Waals surface area (Å²) in [5, 5.41) is 14.0. The summed E-state index contributed by atoms with van der Waals surface area (Å²) >= 11 is 5.81. The van der Waals surface area contributed by atoms with Gasteiger partial charge in [0.25, 0.3) is 5.91 Å². The first-order valence-electron chi connectivity index (χ1n) is 6.49. The molecule has 0 radical (unpaired) electrons. The van der Waals surface area contributed by atoms with Crippen molar-refractivity contribution in [1.82, 2.24) is 5.43 Å². The van der Waals surface area contributed by atoms with Crippen LogP contribution in [0.1, 0.15) is 22.8 Å². The van der Waals surface area contributed by atoms with Gasteiger partial charge in [-0.05, 0) is 55.0 Å². The topological polar surface area (TPSA) is 70.9 Å². The first kappa shape index (κ1) is 15.9. The summed E-state index contributed by atoms with van der Waals surface area (Å²) in [4.78, 5) is 12.0. The minimum absolute atomic E-state index is 0.0683. The van der Waals surface area contributed by atoms with Crippen molar-refractivity contribution in [2.45, 2.75) is 6.92 Å². The minimum atomic E-state index is -0.534. The van der Waals surface area contributed by atoms with Crippen molar-refractivity contribution in [2.75, 3.05) is 7.11 Å². The van der Waals surface area contributed by atoms with E-state index < -0.39 is 5.91 Å². The average Bonchev–Trinajstić information content (AvgIpc) is 2.54. The van der Waals surface area contributed by atoms with Crippen molar-refractivity contribution in [3.63, 3.8) is 0 Å². The maximum absolute atomic E-state index is 12.0. The van der Waals surface area contributed by atoms with Crippen LogP contribution < -0.4 is 10.2 Å². The fourth-order valence-electron chi connectivity index (χ4n) is 1.78. The maximum atomic E-state index is 12.0. The lowest BCUT2D eigenvalue weighted by atomic mass is 10.1. The van der Waals surface area contributed by atoms with Crippen molar-refractivity contribution in [1.29, 1.82) is 0 Å². The highest BCUT2D eigenvalue weighted by atomic mass is 35.5. The van der Waals surface area contributed by atoms with Gasteiger partial charge in [0.1, 0.15) is 11.5 Å². The first-order valence-corrected chi connectivity index (χ1v) is 6.86. The van der Waals surface area contributed by atoms with E-state index >= 15 is 0 Å². The Morgan fingerprint density at radius 1 is 1.23 bits per heavy atom. The summed E-state index contributed by atoms with van der Waals surface area (Å²) in [6, 6.07) is 11.5. The van der Waals surface area contributed by atoms with Gasteiger partial charge in [-0.3, -0.25) is 4.79 Å². The zero-order chi connectivity index (χ0) is 16.1. The molecule has 0 aliphatic rings. The molecular formula is C16H15ClN2O3. The number of phenolic OH excluding ortho intramolecular Hbond substituents is 1. The molecule has 0 saturated heterocycles. The largest absolute Gasteiger partial charge is 0.507 e. The molecule has 0 bridgehead atoms. The summed E-state index contributed by atoms with van der Waals surface area (Å²) in [6.07, 6.45) is 0. The number of hydrazone groups is 1. The van der Waals surface area contributed by atoms with Gasteiger partial charge in [0.2, 0.25) is 0 Å². The highest BCUT2D eigenvalue weighted by molar-refractivity contribution is 6.31. The lowest BCUT2D eigenvalue weighted by Gasteiger charge is -2.06. The van der Waals surface area contributed by atoms with Crippen LogP contribution in [0, 0.1) is 0 Å². The van der Waals surface area contributed by atoms with Crippen molar-refractivity contribution in [3.05, 3.63) is 58.6 Å². The van der Waals surface area contributed by atoms with Gasteiger partial charge >= 0.3 is 0 Å². The zero-order valence-electron chi connectivity index (χ0n) is 12.1. The molecule has 0 aliphatic heterocycles. The molecule has 2 aromatic rings. The maximum Gasteiger partial charge on any atom is 0.275 e. The lowest BCUT2D eigenvalue weighted by molar-refractivity contribution is 0.0952. The average molecular weight is 319 g/mol. The normalized spacial score (nSPS) is 11.1. The van der Waals surface area contributed by atoms with Crippen LogP contribution in [-0.2, 0) is 0 Å². The molecule has 0 spiro atoms. The SMILES string of the molecule is COc1ccc(/C(C)=N\NC(=O)c2cc(Cl)ccc2O)cc1. The third-order valence-corrected chi connectivity index (χ3v) is 3.27. The second-order valence-corrected chi connectivity index (χ2v) is 4.96. The number of hydrogen-bond donors (Lipinski definition) is 2. The lowest BCUT2D eigenvalue weighted by Crippen LogP contribution is -2.19. The molecule has 0 atom stereocenters. The molecule has 0 saturated carbocycles. The number of rotatable bonds is 4. The fourth-order valence-corrected chi connectivity index (χ4v) is 1.95. The Morgan fingerprint density at radius 3 is 2.55 bits per heavy atom. The number of amides is 1. The second-order valence-electron chi connectivity index (χ2n) is 4.53. The molecule has 0 aromatic heterocycles. The van der Waals surface area contributed by atoms with E-state index in [1.54, 1.807) is 26.2 Å². The predicted octanol–water partition coefficient (Wildman–Crippen LogP) is 3.21. The van der Waals surface area contributed by atoms with Crippen LogP contribution in [0.2, 0.25) is 5.02 Å². The number of methoxy groups -OCH3 is 1. The van der Waals surface area contributed by atoms with Crippen molar-refractivity contribution >= 4 is 23.2 Å². The highest BCUT2D eigenvalue weighted by Crippen LogP contribution is 2.21. The first-order chi connectivity index (χ1) is 10.5. The number of benzene rings is 2. The Labute approximate surface area is 133 Å². The van der Waals surface area contributed by atoms with E-state index in [0.717, 1.165) is 11.3 Å². The molecular weight excluding hydrogens is 304 g/mol. The Hall–Kier alpha value is -2.53. The summed E-state index contributed by atoms with van der Waals surface area (Å²) in [7, 11) is 1.59. The zero-order valence-corrected chi connectivity index (χ0v) is 12.9. The summed E-state index contributed by atoms with van der Waals surface area (Å²) in [5.74, 6) is 0.0523. The molecule has 2 rings (SSSR count). The third kappa shape index (κ3) is 3.77. The van der Waals surface area contributed by atoms with E-state index in [1.807, 2.05) is 12.1 Å². The Morgan fingerprint density at radius 2 is 1.91 bits per heavy atom. The van der Waals surface area contributed by atoms with E-state index in [2.05, 4.69) is 10.5 Å². The Bertz CT molecular complexity index is 712. The van der Waals surface area contributed by atoms with Crippen LogP contribution in [0.4, 0.5) is 0 Å². The number of nitrogens with zero attached hydrogens (tertiary/aromatic N) is 1. The number of hydrogen-bond acceptors (Lipinski definition) is 4. The van der Waals surface area contributed by atoms with E-state index in [-0.39, 0.29) is 11.3 Å². The predicted molar refractivity (Wildman–Crippen MR) is 85.8 cm³/mol. The molecule has 0 heterocycles. The van der Waals surface area contributed by atoms with Crippen LogP contribution in [-0.4, -0.2) is 23.8 Å². The summed E-state index contributed by atoms with van der Waals surface area (Å²) in [5.41, 5.74) is 3.93. The van der Waals surface area contributed by atoms with Crippen LogP contribution >= 0.6 is 11.6 Å². The van der Waals surface area contributed by atoms with Crippen molar-refractivity contribution in [3.8, 4) is 11.5 Å². The standard InChI is InChI=1S/C16H15ClN2O3/c1-10(11-3-6-13(22-2)7-4-11)18-19-16(21)14-9-12(17)5-8-15(14)20/h3-9,20H,1-2H3,(H,19,21)/b18-10-. The van der Waals surface area contributed by atoms with Crippen molar-refractivity contribution in [2.24, 2.45) is 5.10 Å². The summed E-state index contributed by atoms with van der Waals surface area (Å²) in [6.45, 7) is 1.76. The minimum Gasteiger partial charge on any atom is -0.507 e. The van der Waals surface area contributed by atoms with E-state index in [9.17, 15) is 9.90 Å². The highest BCUT2D eigenvalue weighted by Gasteiger charge is 2.11. The van der Waals surface area contributed by atoms with Crippen LogP contribution in [0.15, 0.2) is 47.6 Å². The number of halogens is 1. The summed E-state index contributed by atoms with van der Waals surface area (Å²) < 4.78 is 5.08. The van der Waals surface area contributed by atoms with Gasteiger partial charge in [-0.25, -0.2) is 5.43 Å². The molecule has 2 aromatic carbocycles. The van der Waals surface area contributed by atoms with Crippen LogP contribution in [0.3, 0.4) is 0 Å². The molecule has 114 valence electrons. The molecule has 1 amide bonds. The van der Waals surface area contributed by atoms with Gasteiger partial charge in [-0.1, -0.05) is 11.6 Å². The van der Waals surface area contributed by atoms with Gasteiger partial charge in [-0.15, -0.1) is 0 Å². The fraction of sp³-hybridized carbons (Fsp3) is 0.125. The second kappa shape index (κ2) is 6.95. The van der Waals surface area contributed by atoms with Gasteiger partial charge in [0, 0.05) is 5.02 Å². The molecule has 6 heteroatoms. The number of carbonyl (C=O) groups is 1. The number of nitrogens with one attached hydrogen (secondary N) is 1. The number of phenols is 1. The molecule has 5 nitrogen and oxygen atoms in total.